The number of hydrazine groups is 2. The third-order valence-electron chi connectivity index (χ3n) is 2.01. The highest BCUT2D eigenvalue weighted by Gasteiger charge is 2.30. The highest BCUT2D eigenvalue weighted by molar-refractivity contribution is 7.80. The van der Waals surface area contributed by atoms with E-state index in [1.54, 1.807) is 13.2 Å². The molecule has 8 heteroatoms. The molecule has 0 atom stereocenters. The summed E-state index contributed by atoms with van der Waals surface area (Å²) in [5, 5.41) is 14.2. The van der Waals surface area contributed by atoms with Crippen molar-refractivity contribution in [2.75, 3.05) is 13.7 Å². The van der Waals surface area contributed by atoms with Crippen LogP contribution in [0.4, 0.5) is 4.79 Å². The van der Waals surface area contributed by atoms with E-state index >= 15 is 0 Å². The Morgan fingerprint density at radius 2 is 2.44 bits per heavy atom. The van der Waals surface area contributed by atoms with Crippen molar-refractivity contribution < 1.29 is 14.6 Å². The minimum absolute atomic E-state index is 0.387. The van der Waals surface area contributed by atoms with Crippen molar-refractivity contribution in [2.24, 2.45) is 0 Å². The predicted octanol–water partition coefficient (Wildman–Crippen LogP) is -0.0386. The molecular weight excluding hydrogens is 232 g/mol. The molecule has 0 saturated heterocycles. The van der Waals surface area contributed by atoms with E-state index in [9.17, 15) is 4.79 Å². The van der Waals surface area contributed by atoms with Gasteiger partial charge in [-0.3, -0.25) is 0 Å². The number of rotatable bonds is 2. The van der Waals surface area contributed by atoms with Gasteiger partial charge in [0.05, 0.1) is 12.8 Å². The van der Waals surface area contributed by atoms with Crippen LogP contribution in [0.15, 0.2) is 23.8 Å². The molecule has 2 aliphatic heterocycles. The molecule has 0 fully saturated rings. The van der Waals surface area contributed by atoms with Gasteiger partial charge in [-0.2, -0.15) is 5.01 Å². The molecule has 2 heterocycles. The smallest absolute Gasteiger partial charge is 0.427 e. The first-order chi connectivity index (χ1) is 7.61. The highest BCUT2D eigenvalue weighted by Crippen LogP contribution is 2.16. The Labute approximate surface area is 96.9 Å². The Bertz CT molecular complexity index is 406. The molecule has 7 nitrogen and oxygen atoms in total. The average Bonchev–Trinajstić information content (AvgIpc) is 2.62. The Kier molecular flexibility index (Phi) is 2.77. The fourth-order valence-corrected chi connectivity index (χ4v) is 1.65. The van der Waals surface area contributed by atoms with Crippen molar-refractivity contribution in [2.45, 2.75) is 0 Å². The van der Waals surface area contributed by atoms with E-state index in [-0.39, 0.29) is 0 Å². The summed E-state index contributed by atoms with van der Waals surface area (Å²) in [6.45, 7) is 0.387. The normalized spacial score (nSPS) is 18.9. The number of amides is 1. The summed E-state index contributed by atoms with van der Waals surface area (Å²) >= 11 is 5.11. The first kappa shape index (κ1) is 10.9. The van der Waals surface area contributed by atoms with Crippen LogP contribution in [0.3, 0.4) is 0 Å². The number of carbonyl (C=O) groups is 1. The zero-order valence-electron chi connectivity index (χ0n) is 8.43. The summed E-state index contributed by atoms with van der Waals surface area (Å²) in [4.78, 5) is 11.2. The van der Waals surface area contributed by atoms with Gasteiger partial charge in [-0.25, -0.2) is 9.80 Å². The molecule has 86 valence electrons. The molecular formula is C8H10N4O3S. The lowest BCUT2D eigenvalue weighted by Crippen LogP contribution is -2.48. The van der Waals surface area contributed by atoms with Crippen LogP contribution in [0, 0.1) is 0 Å². The molecule has 0 bridgehead atoms. The number of methoxy groups -OCH3 is 1. The average molecular weight is 242 g/mol. The van der Waals surface area contributed by atoms with E-state index in [1.165, 1.54) is 11.2 Å². The lowest BCUT2D eigenvalue weighted by molar-refractivity contribution is 0.126. The van der Waals surface area contributed by atoms with E-state index in [4.69, 9.17) is 22.1 Å². The number of thiocarbonyl (C=S) groups is 1. The molecule has 0 aromatic heterocycles. The number of fused-ring (bicyclic) bond motifs is 1. The van der Waals surface area contributed by atoms with Crippen molar-refractivity contribution >= 4 is 23.3 Å². The maximum atomic E-state index is 10.7. The molecule has 0 aliphatic carbocycles. The molecule has 0 aromatic rings. The van der Waals surface area contributed by atoms with Gasteiger partial charge in [-0.05, 0) is 6.08 Å². The number of ether oxygens (including phenoxy) is 1. The van der Waals surface area contributed by atoms with Gasteiger partial charge in [-0.1, -0.05) is 12.2 Å². The summed E-state index contributed by atoms with van der Waals surface area (Å²) < 4.78 is 4.97. The molecule has 2 aliphatic rings. The number of hydrogen-bond donors (Lipinski definition) is 3. The molecule has 1 amide bonds. The van der Waals surface area contributed by atoms with Crippen LogP contribution in [0.1, 0.15) is 0 Å². The molecule has 0 unspecified atom stereocenters. The van der Waals surface area contributed by atoms with Gasteiger partial charge in [0.1, 0.15) is 10.8 Å². The molecule has 0 aromatic carbocycles. The molecule has 2 rings (SSSR count). The van der Waals surface area contributed by atoms with Crippen LogP contribution in [0.5, 0.6) is 0 Å². The van der Waals surface area contributed by atoms with Gasteiger partial charge < -0.3 is 15.2 Å². The van der Waals surface area contributed by atoms with Gasteiger partial charge in [0, 0.05) is 12.8 Å². The highest BCUT2D eigenvalue weighted by atomic mass is 32.1. The van der Waals surface area contributed by atoms with E-state index in [0.29, 0.717) is 17.4 Å². The minimum Gasteiger partial charge on any atom is -0.464 e. The zero-order chi connectivity index (χ0) is 11.7. The lowest BCUT2D eigenvalue weighted by Gasteiger charge is -2.27. The molecule has 3 N–H and O–H groups in total. The minimum atomic E-state index is -1.11. The van der Waals surface area contributed by atoms with Gasteiger partial charge in [0.15, 0.2) is 0 Å². The Morgan fingerprint density at radius 1 is 1.69 bits per heavy atom. The third-order valence-corrected chi connectivity index (χ3v) is 2.31. The SMILES string of the molecule is COCC1=CC(=S)N2NN(C(=O)O)C=C2N1. The predicted molar refractivity (Wildman–Crippen MR) is 58.6 cm³/mol. The molecule has 16 heavy (non-hydrogen) atoms. The summed E-state index contributed by atoms with van der Waals surface area (Å²) in [5.41, 5.74) is 3.37. The van der Waals surface area contributed by atoms with Crippen molar-refractivity contribution in [3.8, 4) is 0 Å². The summed E-state index contributed by atoms with van der Waals surface area (Å²) in [7, 11) is 1.57. The second kappa shape index (κ2) is 4.08. The van der Waals surface area contributed by atoms with Crippen molar-refractivity contribution in [3.05, 3.63) is 23.8 Å². The van der Waals surface area contributed by atoms with Crippen LogP contribution in [0.2, 0.25) is 0 Å². The molecule has 0 saturated carbocycles. The first-order valence-corrected chi connectivity index (χ1v) is 4.83. The van der Waals surface area contributed by atoms with Crippen LogP contribution in [-0.2, 0) is 4.74 Å². The lowest BCUT2D eigenvalue weighted by atomic mass is 10.3. The first-order valence-electron chi connectivity index (χ1n) is 4.42. The maximum absolute atomic E-state index is 10.7. The largest absolute Gasteiger partial charge is 0.464 e. The fourth-order valence-electron chi connectivity index (χ4n) is 1.37. The summed E-state index contributed by atoms with van der Waals surface area (Å²) in [6.07, 6.45) is 1.99. The fraction of sp³-hybridized carbons (Fsp3) is 0.250. The number of nitrogens with one attached hydrogen (secondary N) is 2. The van der Waals surface area contributed by atoms with Crippen LogP contribution >= 0.6 is 12.2 Å². The van der Waals surface area contributed by atoms with Gasteiger partial charge in [0.25, 0.3) is 0 Å². The summed E-state index contributed by atoms with van der Waals surface area (Å²) in [6, 6.07) is 0. The van der Waals surface area contributed by atoms with Gasteiger partial charge in [0.2, 0.25) is 0 Å². The number of hydrogen-bond acceptors (Lipinski definition) is 5. The molecule has 0 radical (unpaired) electrons. The van der Waals surface area contributed by atoms with Crippen molar-refractivity contribution in [1.82, 2.24) is 20.9 Å². The zero-order valence-corrected chi connectivity index (χ0v) is 9.24. The summed E-state index contributed by atoms with van der Waals surface area (Å²) in [5.74, 6) is 0.557. The van der Waals surface area contributed by atoms with E-state index in [0.717, 1.165) is 10.7 Å². The number of carboxylic acid groups (broad SMARTS) is 1. The van der Waals surface area contributed by atoms with Crippen LogP contribution in [-0.4, -0.2) is 39.9 Å². The Morgan fingerprint density at radius 3 is 3.06 bits per heavy atom. The van der Waals surface area contributed by atoms with Crippen LogP contribution in [0.25, 0.3) is 0 Å². The Hall–Kier alpha value is -1.64. The molecule has 0 spiro atoms. The monoisotopic (exact) mass is 242 g/mol. The topological polar surface area (TPSA) is 77.1 Å². The number of nitrogens with zero attached hydrogens (tertiary/aromatic N) is 2. The van der Waals surface area contributed by atoms with Gasteiger partial charge in [-0.15, -0.1) is 5.53 Å². The van der Waals surface area contributed by atoms with Crippen molar-refractivity contribution in [3.63, 3.8) is 0 Å². The third kappa shape index (κ3) is 1.85. The quantitative estimate of drug-likeness (QED) is 0.586. The maximum Gasteiger partial charge on any atom is 0.427 e. The second-order valence-electron chi connectivity index (χ2n) is 3.17. The van der Waals surface area contributed by atoms with Crippen LogP contribution < -0.4 is 10.9 Å². The van der Waals surface area contributed by atoms with E-state index in [2.05, 4.69) is 10.9 Å². The van der Waals surface area contributed by atoms with Gasteiger partial charge >= 0.3 is 6.09 Å². The standard InChI is InChI=1S/C8H10N4O3S/c1-15-4-5-2-7(16)12-6(9-5)3-11(10-12)8(13)14/h2-3,9-10H,4H2,1H3,(H,13,14). The van der Waals surface area contributed by atoms with E-state index < -0.39 is 6.09 Å². The van der Waals surface area contributed by atoms with Crippen molar-refractivity contribution in [1.29, 1.82) is 0 Å². The van der Waals surface area contributed by atoms with E-state index in [1.807, 2.05) is 0 Å². The Balaban J connectivity index is 2.18. The second-order valence-corrected chi connectivity index (χ2v) is 3.59.